The van der Waals surface area contributed by atoms with Gasteiger partial charge in [0.05, 0.1) is 11.8 Å². The quantitative estimate of drug-likeness (QED) is 0.422. The molecule has 6 nitrogen and oxygen atoms in total. The summed E-state index contributed by atoms with van der Waals surface area (Å²) in [6.45, 7) is 0. The minimum Gasteiger partial charge on any atom is -0.472 e. The molecule has 1 aromatic heterocycles. The van der Waals surface area contributed by atoms with Crippen LogP contribution in [0.5, 0.6) is 5.75 Å². The van der Waals surface area contributed by atoms with E-state index in [0.29, 0.717) is 21.8 Å². The number of benzene rings is 2. The van der Waals surface area contributed by atoms with Gasteiger partial charge in [-0.15, -0.1) is 11.3 Å². The van der Waals surface area contributed by atoms with Gasteiger partial charge in [0.2, 0.25) is 6.10 Å². The van der Waals surface area contributed by atoms with E-state index in [0.717, 1.165) is 4.70 Å². The average Bonchev–Trinajstić information content (AvgIpc) is 3.05. The normalized spacial score (nSPS) is 11.9. The predicted octanol–water partition coefficient (Wildman–Crippen LogP) is 2.87. The number of nitrogens with two attached hydrogens (primary N) is 1. The molecule has 1 unspecified atom stereocenters. The molecule has 7 heteroatoms. The summed E-state index contributed by atoms with van der Waals surface area (Å²) in [6.07, 6.45) is -0.899. The number of aromatic nitrogens is 1. The van der Waals surface area contributed by atoms with E-state index in [1.54, 1.807) is 24.3 Å². The summed E-state index contributed by atoms with van der Waals surface area (Å²) in [5.74, 6) is -0.162. The molecular weight excluding hydrogens is 326 g/mol. The molecule has 0 aliphatic heterocycles. The van der Waals surface area contributed by atoms with Crippen molar-refractivity contribution in [3.05, 3.63) is 59.1 Å². The lowest BCUT2D eigenvalue weighted by Crippen LogP contribution is -2.20. The van der Waals surface area contributed by atoms with Crippen molar-refractivity contribution in [2.75, 3.05) is 7.11 Å². The van der Waals surface area contributed by atoms with Gasteiger partial charge in [-0.2, -0.15) is 0 Å². The molecule has 122 valence electrons. The molecule has 0 amide bonds. The Kier molecular flexibility index (Phi) is 4.43. The van der Waals surface area contributed by atoms with E-state index in [1.165, 1.54) is 18.4 Å². The predicted molar refractivity (Wildman–Crippen MR) is 92.5 cm³/mol. The highest BCUT2D eigenvalue weighted by molar-refractivity contribution is 7.20. The maximum absolute atomic E-state index is 12.1. The number of nitrogen functional groups attached to an aromatic ring is 1. The third-order valence-corrected chi connectivity index (χ3v) is 4.43. The van der Waals surface area contributed by atoms with Crippen LogP contribution >= 0.6 is 11.3 Å². The van der Waals surface area contributed by atoms with Gasteiger partial charge in [-0.25, -0.2) is 9.78 Å². The van der Waals surface area contributed by atoms with Crippen molar-refractivity contribution in [2.45, 2.75) is 6.10 Å². The van der Waals surface area contributed by atoms with E-state index in [9.17, 15) is 4.79 Å². The molecule has 0 saturated heterocycles. The van der Waals surface area contributed by atoms with E-state index in [-0.39, 0.29) is 5.84 Å². The number of hydrogen-bond donors (Lipinski definition) is 2. The monoisotopic (exact) mass is 341 g/mol. The Morgan fingerprint density at radius 2 is 1.96 bits per heavy atom. The van der Waals surface area contributed by atoms with Gasteiger partial charge >= 0.3 is 5.97 Å². The molecule has 3 rings (SSSR count). The van der Waals surface area contributed by atoms with Gasteiger partial charge in [-0.1, -0.05) is 36.4 Å². The van der Waals surface area contributed by atoms with Crippen LogP contribution in [-0.4, -0.2) is 23.9 Å². The zero-order valence-electron chi connectivity index (χ0n) is 12.9. The van der Waals surface area contributed by atoms with E-state index >= 15 is 0 Å². The van der Waals surface area contributed by atoms with E-state index in [4.69, 9.17) is 20.6 Å². The lowest BCUT2D eigenvalue weighted by Gasteiger charge is -2.17. The first kappa shape index (κ1) is 15.9. The molecule has 0 bridgehead atoms. The number of para-hydroxylation sites is 1. The molecule has 0 aliphatic carbocycles. The Labute approximate surface area is 142 Å². The van der Waals surface area contributed by atoms with E-state index < -0.39 is 12.1 Å². The second kappa shape index (κ2) is 6.67. The molecular formula is C17H15N3O3S. The number of amidine groups is 1. The zero-order valence-corrected chi connectivity index (χ0v) is 13.7. The lowest BCUT2D eigenvalue weighted by atomic mass is 10.1. The highest BCUT2D eigenvalue weighted by Gasteiger charge is 2.25. The maximum atomic E-state index is 12.1. The van der Waals surface area contributed by atoms with Crippen molar-refractivity contribution in [3.63, 3.8) is 0 Å². The minimum absolute atomic E-state index is 0.102. The number of fused-ring (bicyclic) bond motifs is 1. The van der Waals surface area contributed by atoms with Crippen molar-refractivity contribution in [3.8, 4) is 5.75 Å². The summed E-state index contributed by atoms with van der Waals surface area (Å²) < 4.78 is 11.6. The topological polar surface area (TPSA) is 98.3 Å². The third-order valence-electron chi connectivity index (χ3n) is 3.37. The molecule has 3 aromatic rings. The summed E-state index contributed by atoms with van der Waals surface area (Å²) in [5.41, 5.74) is 6.76. The van der Waals surface area contributed by atoms with Crippen molar-refractivity contribution in [1.82, 2.24) is 4.98 Å². The summed E-state index contributed by atoms with van der Waals surface area (Å²) in [4.78, 5) is 16.5. The standard InChI is InChI=1S/C17H15N3O3S/c1-22-17(21)14(10-6-3-2-4-7-10)23-11-8-5-9-12-13(11)20-16(24-12)15(18)19/h2-9,14H,1H3,(H3,18,19). The van der Waals surface area contributed by atoms with Crippen LogP contribution in [0.2, 0.25) is 0 Å². The van der Waals surface area contributed by atoms with E-state index in [1.807, 2.05) is 24.3 Å². The largest absolute Gasteiger partial charge is 0.472 e. The lowest BCUT2D eigenvalue weighted by molar-refractivity contribution is -0.149. The number of thiazole rings is 1. The van der Waals surface area contributed by atoms with Crippen LogP contribution < -0.4 is 10.5 Å². The molecule has 0 radical (unpaired) electrons. The molecule has 0 fully saturated rings. The van der Waals surface area contributed by atoms with Gasteiger partial charge in [-0.05, 0) is 12.1 Å². The molecule has 0 aliphatic rings. The van der Waals surface area contributed by atoms with Crippen molar-refractivity contribution < 1.29 is 14.3 Å². The molecule has 1 atom stereocenters. The highest BCUT2D eigenvalue weighted by Crippen LogP contribution is 2.32. The maximum Gasteiger partial charge on any atom is 0.351 e. The van der Waals surface area contributed by atoms with Crippen molar-refractivity contribution >= 4 is 33.4 Å². The molecule has 0 saturated carbocycles. The number of methoxy groups -OCH3 is 1. The number of ether oxygens (including phenoxy) is 2. The van der Waals surface area contributed by atoms with Crippen molar-refractivity contribution in [1.29, 1.82) is 5.41 Å². The zero-order chi connectivity index (χ0) is 17.1. The SMILES string of the molecule is COC(=O)C(Oc1cccc2sc(C(=N)N)nc12)c1ccccc1. The number of nitrogens with one attached hydrogen (secondary N) is 1. The fourth-order valence-corrected chi connectivity index (χ4v) is 3.09. The van der Waals surface area contributed by atoms with Gasteiger partial charge in [0, 0.05) is 5.56 Å². The molecule has 2 aromatic carbocycles. The summed E-state index contributed by atoms with van der Waals surface area (Å²) in [6, 6.07) is 14.5. The van der Waals surface area contributed by atoms with E-state index in [2.05, 4.69) is 4.98 Å². The smallest absolute Gasteiger partial charge is 0.351 e. The van der Waals surface area contributed by atoms with Crippen LogP contribution in [0, 0.1) is 5.41 Å². The number of rotatable bonds is 5. The second-order valence-corrected chi connectivity index (χ2v) is 6.00. The first-order valence-corrected chi connectivity index (χ1v) is 7.95. The van der Waals surface area contributed by atoms with Crippen LogP contribution in [0.25, 0.3) is 10.2 Å². The number of carbonyl (C=O) groups excluding carboxylic acids is 1. The minimum atomic E-state index is -0.899. The van der Waals surface area contributed by atoms with Gasteiger partial charge < -0.3 is 15.2 Å². The number of hydrogen-bond acceptors (Lipinski definition) is 6. The fraction of sp³-hybridized carbons (Fsp3) is 0.118. The molecule has 3 N–H and O–H groups in total. The van der Waals surface area contributed by atoms with Crippen LogP contribution in [-0.2, 0) is 9.53 Å². The fourth-order valence-electron chi connectivity index (χ4n) is 2.25. The summed E-state index contributed by atoms with van der Waals surface area (Å²) in [7, 11) is 1.32. The number of esters is 1. The average molecular weight is 341 g/mol. The molecule has 0 spiro atoms. The first-order chi connectivity index (χ1) is 11.6. The first-order valence-electron chi connectivity index (χ1n) is 7.13. The molecule has 24 heavy (non-hydrogen) atoms. The summed E-state index contributed by atoms with van der Waals surface area (Å²) in [5, 5.41) is 7.94. The van der Waals surface area contributed by atoms with Crippen LogP contribution in [0.15, 0.2) is 48.5 Å². The second-order valence-electron chi connectivity index (χ2n) is 4.97. The van der Waals surface area contributed by atoms with Crippen LogP contribution in [0.1, 0.15) is 16.7 Å². The Balaban J connectivity index is 2.02. The highest BCUT2D eigenvalue weighted by atomic mass is 32.1. The molecule has 1 heterocycles. The van der Waals surface area contributed by atoms with Gasteiger partial charge in [-0.3, -0.25) is 5.41 Å². The number of nitrogens with zero attached hydrogens (tertiary/aromatic N) is 1. The van der Waals surface area contributed by atoms with Gasteiger partial charge in [0.1, 0.15) is 11.3 Å². The van der Waals surface area contributed by atoms with Crippen LogP contribution in [0.3, 0.4) is 0 Å². The van der Waals surface area contributed by atoms with Gasteiger partial charge in [0.15, 0.2) is 10.8 Å². The third kappa shape index (κ3) is 3.07. The van der Waals surface area contributed by atoms with Crippen molar-refractivity contribution in [2.24, 2.45) is 5.73 Å². The van der Waals surface area contributed by atoms with Gasteiger partial charge in [0.25, 0.3) is 0 Å². The Morgan fingerprint density at radius 3 is 2.62 bits per heavy atom. The number of carbonyl (C=O) groups is 1. The Morgan fingerprint density at radius 1 is 1.21 bits per heavy atom. The Hall–Kier alpha value is -2.93. The Bertz CT molecular complexity index is 892. The summed E-state index contributed by atoms with van der Waals surface area (Å²) >= 11 is 1.30. The van der Waals surface area contributed by atoms with Crippen LogP contribution in [0.4, 0.5) is 0 Å².